The van der Waals surface area contributed by atoms with Crippen molar-refractivity contribution in [3.63, 3.8) is 0 Å². The number of hydrogen-bond donors (Lipinski definition) is 1. The first-order chi connectivity index (χ1) is 8.54. The molecule has 0 aliphatic heterocycles. The highest BCUT2D eigenvalue weighted by Crippen LogP contribution is 2.23. The second-order valence-electron chi connectivity index (χ2n) is 4.17. The summed E-state index contributed by atoms with van der Waals surface area (Å²) < 4.78 is 5.18. The van der Waals surface area contributed by atoms with Crippen molar-refractivity contribution in [2.24, 2.45) is 0 Å². The molecule has 0 aliphatic carbocycles. The first kappa shape index (κ1) is 14.2. The van der Waals surface area contributed by atoms with Crippen LogP contribution in [0.2, 0.25) is 0 Å². The minimum Gasteiger partial charge on any atom is -0.496 e. The molecule has 0 fully saturated rings. The number of nitro groups is 1. The van der Waals surface area contributed by atoms with Crippen LogP contribution >= 0.6 is 0 Å². The largest absolute Gasteiger partial charge is 0.496 e. The molecule has 0 amide bonds. The molecule has 1 N–H and O–H groups in total. The van der Waals surface area contributed by atoms with Gasteiger partial charge >= 0.3 is 0 Å². The van der Waals surface area contributed by atoms with E-state index in [9.17, 15) is 10.1 Å². The molecule has 0 spiro atoms. The molecule has 0 radical (unpaired) electrons. The Morgan fingerprint density at radius 1 is 1.50 bits per heavy atom. The Bertz CT molecular complexity index is 452. The van der Waals surface area contributed by atoms with Crippen LogP contribution in [0.25, 0.3) is 0 Å². The Labute approximate surface area is 107 Å². The maximum atomic E-state index is 10.7. The van der Waals surface area contributed by atoms with Gasteiger partial charge < -0.3 is 10.1 Å². The van der Waals surface area contributed by atoms with E-state index in [1.807, 2.05) is 13.8 Å². The molecule has 0 unspecified atom stereocenters. The summed E-state index contributed by atoms with van der Waals surface area (Å²) in [6.07, 6.45) is 2.06. The van der Waals surface area contributed by atoms with Crippen LogP contribution in [-0.4, -0.2) is 18.6 Å². The Hall–Kier alpha value is -1.88. The van der Waals surface area contributed by atoms with Crippen LogP contribution in [0.15, 0.2) is 29.8 Å². The number of nitro benzene ring substituents is 1. The predicted octanol–water partition coefficient (Wildman–Crippen LogP) is 2.66. The molecule has 0 aromatic heterocycles. The smallest absolute Gasteiger partial charge is 0.270 e. The molecule has 98 valence electrons. The minimum atomic E-state index is -0.404. The molecule has 18 heavy (non-hydrogen) atoms. The van der Waals surface area contributed by atoms with E-state index < -0.39 is 4.92 Å². The van der Waals surface area contributed by atoms with Crippen LogP contribution in [0.3, 0.4) is 0 Å². The lowest BCUT2D eigenvalue weighted by Crippen LogP contribution is -2.14. The summed E-state index contributed by atoms with van der Waals surface area (Å²) in [5.41, 5.74) is 2.09. The molecule has 5 heteroatoms. The van der Waals surface area contributed by atoms with Crippen LogP contribution in [-0.2, 0) is 6.54 Å². The summed E-state index contributed by atoms with van der Waals surface area (Å²) >= 11 is 0. The standard InChI is InChI=1S/C13H18N2O3/c1-10(2)6-7-14-9-11-8-12(15(16)17)4-5-13(11)18-3/h4-6,8,14H,7,9H2,1-3H3. The number of benzene rings is 1. The minimum absolute atomic E-state index is 0.0785. The fraction of sp³-hybridized carbons (Fsp3) is 0.385. The van der Waals surface area contributed by atoms with Gasteiger partial charge in [-0.1, -0.05) is 11.6 Å². The molecule has 1 rings (SSSR count). The topological polar surface area (TPSA) is 64.4 Å². The number of nitrogens with zero attached hydrogens (tertiary/aromatic N) is 1. The highest BCUT2D eigenvalue weighted by atomic mass is 16.6. The maximum Gasteiger partial charge on any atom is 0.270 e. The zero-order chi connectivity index (χ0) is 13.5. The highest BCUT2D eigenvalue weighted by Gasteiger charge is 2.10. The zero-order valence-corrected chi connectivity index (χ0v) is 10.9. The first-order valence-electron chi connectivity index (χ1n) is 5.70. The van der Waals surface area contributed by atoms with E-state index in [1.165, 1.54) is 17.7 Å². The third-order valence-corrected chi connectivity index (χ3v) is 2.44. The Morgan fingerprint density at radius 2 is 2.22 bits per heavy atom. The lowest BCUT2D eigenvalue weighted by Gasteiger charge is -2.08. The van der Waals surface area contributed by atoms with Crippen LogP contribution < -0.4 is 10.1 Å². The molecule has 1 aromatic carbocycles. The first-order valence-corrected chi connectivity index (χ1v) is 5.70. The highest BCUT2D eigenvalue weighted by molar-refractivity contribution is 5.43. The van der Waals surface area contributed by atoms with Gasteiger partial charge in [-0.15, -0.1) is 0 Å². The van der Waals surface area contributed by atoms with Gasteiger partial charge in [0.05, 0.1) is 12.0 Å². The Kier molecular flexibility index (Phi) is 5.32. The van der Waals surface area contributed by atoms with Gasteiger partial charge in [-0.2, -0.15) is 0 Å². The monoisotopic (exact) mass is 250 g/mol. The number of ether oxygens (including phenoxy) is 1. The third kappa shape index (κ3) is 4.18. The molecule has 0 heterocycles. The Morgan fingerprint density at radius 3 is 2.78 bits per heavy atom. The number of nitrogens with one attached hydrogen (secondary N) is 1. The number of allylic oxidation sites excluding steroid dienone is 1. The van der Waals surface area contributed by atoms with Crippen molar-refractivity contribution in [2.75, 3.05) is 13.7 Å². The molecular weight excluding hydrogens is 232 g/mol. The predicted molar refractivity (Wildman–Crippen MR) is 70.8 cm³/mol. The van der Waals surface area contributed by atoms with Crippen LogP contribution in [0.1, 0.15) is 19.4 Å². The van der Waals surface area contributed by atoms with Crippen molar-refractivity contribution < 1.29 is 9.66 Å². The van der Waals surface area contributed by atoms with Gasteiger partial charge in [-0.3, -0.25) is 10.1 Å². The van der Waals surface area contributed by atoms with E-state index >= 15 is 0 Å². The summed E-state index contributed by atoms with van der Waals surface area (Å²) in [6.45, 7) is 5.31. The average molecular weight is 250 g/mol. The van der Waals surface area contributed by atoms with Crippen LogP contribution in [0.5, 0.6) is 5.75 Å². The molecule has 0 atom stereocenters. The zero-order valence-electron chi connectivity index (χ0n) is 10.9. The van der Waals surface area contributed by atoms with E-state index in [4.69, 9.17) is 4.74 Å². The Balaban J connectivity index is 2.75. The van der Waals surface area contributed by atoms with Gasteiger partial charge in [0.2, 0.25) is 0 Å². The fourth-order valence-electron chi connectivity index (χ4n) is 1.50. The summed E-state index contributed by atoms with van der Waals surface area (Å²) in [5, 5.41) is 13.9. The van der Waals surface area contributed by atoms with Gasteiger partial charge in [0.25, 0.3) is 5.69 Å². The number of methoxy groups -OCH3 is 1. The van der Waals surface area contributed by atoms with Crippen molar-refractivity contribution in [3.8, 4) is 5.75 Å². The van der Waals surface area contributed by atoms with Crippen molar-refractivity contribution >= 4 is 5.69 Å². The molecule has 5 nitrogen and oxygen atoms in total. The van der Waals surface area contributed by atoms with Crippen LogP contribution in [0, 0.1) is 10.1 Å². The quantitative estimate of drug-likeness (QED) is 0.365. The second-order valence-corrected chi connectivity index (χ2v) is 4.17. The van der Waals surface area contributed by atoms with Gasteiger partial charge in [0.1, 0.15) is 5.75 Å². The van der Waals surface area contributed by atoms with Crippen LogP contribution in [0.4, 0.5) is 5.69 Å². The number of non-ortho nitro benzene ring substituents is 1. The van der Waals surface area contributed by atoms with Crippen molar-refractivity contribution in [1.29, 1.82) is 0 Å². The van der Waals surface area contributed by atoms with Crippen molar-refractivity contribution in [2.45, 2.75) is 20.4 Å². The SMILES string of the molecule is COc1ccc([N+](=O)[O-])cc1CNCC=C(C)C. The van der Waals surface area contributed by atoms with Gasteiger partial charge in [0.15, 0.2) is 0 Å². The van der Waals surface area contributed by atoms with Gasteiger partial charge in [0, 0.05) is 30.8 Å². The van der Waals surface area contributed by atoms with E-state index in [2.05, 4.69) is 11.4 Å². The summed E-state index contributed by atoms with van der Waals surface area (Å²) in [5.74, 6) is 0.658. The van der Waals surface area contributed by atoms with E-state index in [-0.39, 0.29) is 5.69 Å². The number of hydrogen-bond acceptors (Lipinski definition) is 4. The van der Waals surface area contributed by atoms with Crippen molar-refractivity contribution in [1.82, 2.24) is 5.32 Å². The lowest BCUT2D eigenvalue weighted by molar-refractivity contribution is -0.384. The molecule has 0 aliphatic rings. The summed E-state index contributed by atoms with van der Waals surface area (Å²) in [7, 11) is 1.56. The molecule has 1 aromatic rings. The summed E-state index contributed by atoms with van der Waals surface area (Å²) in [4.78, 5) is 10.3. The van der Waals surface area contributed by atoms with E-state index in [0.717, 1.165) is 12.1 Å². The second kappa shape index (κ2) is 6.76. The summed E-state index contributed by atoms with van der Waals surface area (Å²) in [6, 6.07) is 4.60. The number of rotatable bonds is 6. The fourth-order valence-corrected chi connectivity index (χ4v) is 1.50. The van der Waals surface area contributed by atoms with E-state index in [1.54, 1.807) is 13.2 Å². The van der Waals surface area contributed by atoms with Gasteiger partial charge in [-0.05, 0) is 19.9 Å². The molecule has 0 saturated heterocycles. The molecule has 0 bridgehead atoms. The van der Waals surface area contributed by atoms with E-state index in [0.29, 0.717) is 12.3 Å². The van der Waals surface area contributed by atoms with Crippen molar-refractivity contribution in [3.05, 3.63) is 45.5 Å². The van der Waals surface area contributed by atoms with Gasteiger partial charge in [-0.25, -0.2) is 0 Å². The molecular formula is C13H18N2O3. The lowest BCUT2D eigenvalue weighted by atomic mass is 10.1. The average Bonchev–Trinajstić information content (AvgIpc) is 2.34. The maximum absolute atomic E-state index is 10.7. The third-order valence-electron chi connectivity index (χ3n) is 2.44. The molecule has 0 saturated carbocycles. The normalized spacial score (nSPS) is 9.94.